The van der Waals surface area contributed by atoms with Gasteiger partial charge in [-0.1, -0.05) is 0 Å². The number of hydrogen-bond acceptors (Lipinski definition) is 5. The minimum Gasteiger partial charge on any atom is -0.477 e. The smallest absolute Gasteiger partial charge is 0.341 e. The standard InChI is InChI=1S/C16H13F2N3O3S/c1-2-21-5-8(16(23)24)15(22)7-3-9(17)12(13(18)14(7)21)10-6-25-11(4-19)20-10/h3,5-6H,2,4,19H2,1H3,(H,23,24). The zero-order chi connectivity index (χ0) is 18.3. The van der Waals surface area contributed by atoms with Gasteiger partial charge in [0.2, 0.25) is 5.43 Å². The van der Waals surface area contributed by atoms with Gasteiger partial charge in [-0.25, -0.2) is 18.6 Å². The Morgan fingerprint density at radius 1 is 1.44 bits per heavy atom. The topological polar surface area (TPSA) is 98.2 Å². The van der Waals surface area contributed by atoms with E-state index in [0.717, 1.165) is 12.3 Å². The number of nitrogens with two attached hydrogens (primary N) is 1. The molecule has 1 aromatic carbocycles. The van der Waals surface area contributed by atoms with Gasteiger partial charge in [-0.3, -0.25) is 4.79 Å². The summed E-state index contributed by atoms with van der Waals surface area (Å²) in [5.74, 6) is -3.40. The Morgan fingerprint density at radius 3 is 2.72 bits per heavy atom. The molecule has 0 unspecified atom stereocenters. The molecular weight excluding hydrogens is 352 g/mol. The minimum absolute atomic E-state index is 0.0831. The lowest BCUT2D eigenvalue weighted by molar-refractivity contribution is 0.0695. The summed E-state index contributed by atoms with van der Waals surface area (Å²) in [5, 5.41) is 10.8. The first kappa shape index (κ1) is 17.2. The molecule has 130 valence electrons. The van der Waals surface area contributed by atoms with E-state index >= 15 is 4.39 Å². The van der Waals surface area contributed by atoms with Gasteiger partial charge in [-0.15, -0.1) is 11.3 Å². The normalized spacial score (nSPS) is 11.2. The Bertz CT molecular complexity index is 1060. The second-order valence-corrected chi connectivity index (χ2v) is 6.18. The van der Waals surface area contributed by atoms with Crippen molar-refractivity contribution in [3.63, 3.8) is 0 Å². The highest BCUT2D eigenvalue weighted by Crippen LogP contribution is 2.32. The molecule has 2 aromatic heterocycles. The van der Waals surface area contributed by atoms with E-state index in [1.165, 1.54) is 21.3 Å². The third kappa shape index (κ3) is 2.71. The average Bonchev–Trinajstić information content (AvgIpc) is 3.04. The second kappa shape index (κ2) is 6.34. The number of fused-ring (bicyclic) bond motifs is 1. The Kier molecular flexibility index (Phi) is 4.36. The van der Waals surface area contributed by atoms with Crippen LogP contribution in [0.5, 0.6) is 0 Å². The van der Waals surface area contributed by atoms with Crippen LogP contribution in [0.25, 0.3) is 22.2 Å². The molecule has 0 fully saturated rings. The molecular formula is C16H13F2N3O3S. The molecule has 0 bridgehead atoms. The van der Waals surface area contributed by atoms with Crippen molar-refractivity contribution in [1.82, 2.24) is 9.55 Å². The predicted octanol–water partition coefficient (Wildman–Crippen LogP) is 2.58. The zero-order valence-corrected chi connectivity index (χ0v) is 13.9. The van der Waals surface area contributed by atoms with Crippen molar-refractivity contribution >= 4 is 28.2 Å². The molecule has 9 heteroatoms. The van der Waals surface area contributed by atoms with Crippen molar-refractivity contribution in [3.8, 4) is 11.3 Å². The number of aryl methyl sites for hydroxylation is 1. The van der Waals surface area contributed by atoms with Crippen LogP contribution in [0.1, 0.15) is 22.3 Å². The van der Waals surface area contributed by atoms with Crippen molar-refractivity contribution in [2.24, 2.45) is 5.73 Å². The van der Waals surface area contributed by atoms with E-state index in [4.69, 9.17) is 10.8 Å². The first-order valence-electron chi connectivity index (χ1n) is 7.32. The van der Waals surface area contributed by atoms with Crippen LogP contribution in [0.2, 0.25) is 0 Å². The van der Waals surface area contributed by atoms with Gasteiger partial charge in [-0.05, 0) is 13.0 Å². The zero-order valence-electron chi connectivity index (χ0n) is 13.0. The average molecular weight is 365 g/mol. The molecule has 0 aliphatic heterocycles. The van der Waals surface area contributed by atoms with E-state index in [-0.39, 0.29) is 35.2 Å². The summed E-state index contributed by atoms with van der Waals surface area (Å²) in [6.45, 7) is 2.00. The van der Waals surface area contributed by atoms with Crippen molar-refractivity contribution in [2.45, 2.75) is 20.0 Å². The number of thiazole rings is 1. The third-order valence-corrected chi connectivity index (χ3v) is 4.68. The van der Waals surface area contributed by atoms with Gasteiger partial charge >= 0.3 is 5.97 Å². The molecule has 0 amide bonds. The number of hydrogen-bond donors (Lipinski definition) is 2. The molecule has 3 rings (SSSR count). The fourth-order valence-electron chi connectivity index (χ4n) is 2.64. The highest BCUT2D eigenvalue weighted by molar-refractivity contribution is 7.09. The Hall–Kier alpha value is -2.65. The van der Waals surface area contributed by atoms with Crippen molar-refractivity contribution < 1.29 is 18.7 Å². The van der Waals surface area contributed by atoms with Gasteiger partial charge < -0.3 is 15.4 Å². The van der Waals surface area contributed by atoms with Gasteiger partial charge in [0.25, 0.3) is 0 Å². The van der Waals surface area contributed by atoms with Gasteiger partial charge in [-0.2, -0.15) is 0 Å². The van der Waals surface area contributed by atoms with Crippen LogP contribution in [0.15, 0.2) is 22.4 Å². The first-order chi connectivity index (χ1) is 11.9. The van der Waals surface area contributed by atoms with E-state index in [9.17, 15) is 14.0 Å². The van der Waals surface area contributed by atoms with Crippen LogP contribution >= 0.6 is 11.3 Å². The Balaban J connectivity index is 2.42. The minimum atomic E-state index is -1.45. The summed E-state index contributed by atoms with van der Waals surface area (Å²) in [4.78, 5) is 27.6. The Labute approximate surface area is 144 Å². The van der Waals surface area contributed by atoms with Gasteiger partial charge in [0.05, 0.1) is 22.2 Å². The van der Waals surface area contributed by atoms with Crippen LogP contribution in [-0.2, 0) is 13.1 Å². The number of pyridine rings is 1. The number of halogens is 2. The number of nitrogens with zero attached hydrogens (tertiary/aromatic N) is 2. The summed E-state index contributed by atoms with van der Waals surface area (Å²) in [6, 6.07) is 0.857. The summed E-state index contributed by atoms with van der Waals surface area (Å²) in [5.41, 5.74) is 3.56. The summed E-state index contributed by atoms with van der Waals surface area (Å²) < 4.78 is 30.9. The van der Waals surface area contributed by atoms with Crippen molar-refractivity contribution in [1.29, 1.82) is 0 Å². The van der Waals surface area contributed by atoms with E-state index in [0.29, 0.717) is 5.01 Å². The fraction of sp³-hybridized carbons (Fsp3) is 0.188. The highest BCUT2D eigenvalue weighted by atomic mass is 32.1. The van der Waals surface area contributed by atoms with Crippen LogP contribution in [0, 0.1) is 11.6 Å². The third-order valence-electron chi connectivity index (χ3n) is 3.81. The molecule has 6 nitrogen and oxygen atoms in total. The summed E-state index contributed by atoms with van der Waals surface area (Å²) in [6.07, 6.45) is 1.06. The highest BCUT2D eigenvalue weighted by Gasteiger charge is 2.23. The first-order valence-corrected chi connectivity index (χ1v) is 8.20. The Morgan fingerprint density at radius 2 is 2.16 bits per heavy atom. The molecule has 0 atom stereocenters. The number of carboxylic acids is 1. The quantitative estimate of drug-likeness (QED) is 0.740. The number of aromatic nitrogens is 2. The lowest BCUT2D eigenvalue weighted by Crippen LogP contribution is -2.20. The van der Waals surface area contributed by atoms with Gasteiger partial charge in [0.15, 0.2) is 5.82 Å². The number of rotatable bonds is 4. The number of aromatic carboxylic acids is 1. The summed E-state index contributed by atoms with van der Waals surface area (Å²) in [7, 11) is 0. The maximum Gasteiger partial charge on any atom is 0.341 e. The fourth-order valence-corrected chi connectivity index (χ4v) is 3.31. The molecule has 0 radical (unpaired) electrons. The molecule has 0 saturated carbocycles. The van der Waals surface area contributed by atoms with E-state index < -0.39 is 28.6 Å². The molecule has 0 saturated heterocycles. The lowest BCUT2D eigenvalue weighted by atomic mass is 10.0. The molecule has 0 spiro atoms. The van der Waals surface area contributed by atoms with Crippen LogP contribution in [-0.4, -0.2) is 20.6 Å². The van der Waals surface area contributed by atoms with Crippen LogP contribution in [0.4, 0.5) is 8.78 Å². The lowest BCUT2D eigenvalue weighted by Gasteiger charge is -2.13. The largest absolute Gasteiger partial charge is 0.477 e. The van der Waals surface area contributed by atoms with E-state index in [1.807, 2.05) is 0 Å². The summed E-state index contributed by atoms with van der Waals surface area (Å²) >= 11 is 1.17. The maximum absolute atomic E-state index is 15.1. The van der Waals surface area contributed by atoms with Crippen LogP contribution in [0.3, 0.4) is 0 Å². The van der Waals surface area contributed by atoms with Crippen molar-refractivity contribution in [2.75, 3.05) is 0 Å². The molecule has 3 N–H and O–H groups in total. The maximum atomic E-state index is 15.1. The number of carbonyl (C=O) groups is 1. The second-order valence-electron chi connectivity index (χ2n) is 5.24. The number of carboxylic acid groups (broad SMARTS) is 1. The molecule has 0 aliphatic rings. The molecule has 0 aliphatic carbocycles. The van der Waals surface area contributed by atoms with Crippen LogP contribution < -0.4 is 11.2 Å². The van der Waals surface area contributed by atoms with E-state index in [1.54, 1.807) is 6.92 Å². The van der Waals surface area contributed by atoms with E-state index in [2.05, 4.69) is 4.98 Å². The SMILES string of the molecule is CCn1cc(C(=O)O)c(=O)c2cc(F)c(-c3csc(CN)n3)c(F)c21. The van der Waals surface area contributed by atoms with Crippen molar-refractivity contribution in [3.05, 3.63) is 50.1 Å². The molecule has 25 heavy (non-hydrogen) atoms. The number of benzene rings is 1. The molecule has 3 aromatic rings. The van der Waals surface area contributed by atoms with Gasteiger partial charge in [0.1, 0.15) is 16.4 Å². The van der Waals surface area contributed by atoms with Gasteiger partial charge in [0, 0.05) is 24.7 Å². The monoisotopic (exact) mass is 365 g/mol. The predicted molar refractivity (Wildman–Crippen MR) is 89.8 cm³/mol. The molecule has 2 heterocycles.